The van der Waals surface area contributed by atoms with E-state index in [4.69, 9.17) is 14.2 Å². The Bertz CT molecular complexity index is 988. The zero-order chi connectivity index (χ0) is 27.5. The monoisotopic (exact) mass is 532 g/mol. The Morgan fingerprint density at radius 3 is 2.34 bits per heavy atom. The number of amides is 4. The minimum atomic E-state index is -1.13. The van der Waals surface area contributed by atoms with Crippen molar-refractivity contribution in [3.63, 3.8) is 0 Å². The fourth-order valence-electron chi connectivity index (χ4n) is 4.85. The van der Waals surface area contributed by atoms with Crippen LogP contribution in [0.1, 0.15) is 58.3 Å². The van der Waals surface area contributed by atoms with Gasteiger partial charge in [0, 0.05) is 24.8 Å². The maximum absolute atomic E-state index is 13.7. The zero-order valence-corrected chi connectivity index (χ0v) is 22.6. The summed E-state index contributed by atoms with van der Waals surface area (Å²) in [7, 11) is 2.98. The standard InChI is InChI=1S/C27H40N4O7/c1-4-5-9-20(23(32)24(33)28-19-10-11-21(36-2)22(18-19)37-3)29-25(34)27(12-7-6-8-13-27)30-26(35)31-14-16-38-17-15-31/h10-11,18,20H,4-9,12-17H2,1-3H3,(H,28,33)(H,29,34)(H,30,35)/t20-/m0/s1. The summed E-state index contributed by atoms with van der Waals surface area (Å²) in [4.78, 5) is 54.5. The highest BCUT2D eigenvalue weighted by atomic mass is 16.5. The number of methoxy groups -OCH3 is 2. The molecule has 0 radical (unpaired) electrons. The summed E-state index contributed by atoms with van der Waals surface area (Å²) >= 11 is 0. The van der Waals surface area contributed by atoms with Crippen molar-refractivity contribution in [1.82, 2.24) is 15.5 Å². The van der Waals surface area contributed by atoms with Crippen LogP contribution in [0, 0.1) is 0 Å². The van der Waals surface area contributed by atoms with Crippen LogP contribution in [0.3, 0.4) is 0 Å². The third-order valence-electron chi connectivity index (χ3n) is 7.12. The van der Waals surface area contributed by atoms with Crippen molar-refractivity contribution in [3.8, 4) is 11.5 Å². The van der Waals surface area contributed by atoms with Crippen LogP contribution >= 0.6 is 0 Å². The third kappa shape index (κ3) is 7.37. The smallest absolute Gasteiger partial charge is 0.318 e. The zero-order valence-electron chi connectivity index (χ0n) is 22.6. The summed E-state index contributed by atoms with van der Waals surface area (Å²) in [5.74, 6) is -1.11. The molecular weight excluding hydrogens is 492 g/mol. The van der Waals surface area contributed by atoms with Crippen LogP contribution in [0.5, 0.6) is 11.5 Å². The molecule has 11 heteroatoms. The number of ketones is 1. The van der Waals surface area contributed by atoms with Crippen molar-refractivity contribution in [2.45, 2.75) is 69.9 Å². The number of urea groups is 1. The van der Waals surface area contributed by atoms with E-state index >= 15 is 0 Å². The minimum absolute atomic E-state index is 0.312. The number of benzene rings is 1. The van der Waals surface area contributed by atoms with Crippen molar-refractivity contribution in [2.24, 2.45) is 0 Å². The van der Waals surface area contributed by atoms with Crippen LogP contribution in [0.15, 0.2) is 18.2 Å². The molecule has 0 unspecified atom stereocenters. The maximum atomic E-state index is 13.7. The summed E-state index contributed by atoms with van der Waals surface area (Å²) in [6.07, 6.45) is 5.23. The normalized spacial score (nSPS) is 17.6. The number of Topliss-reactive ketones (excluding diaryl/α,β-unsaturated/α-hetero) is 1. The molecule has 2 fully saturated rings. The second-order valence-electron chi connectivity index (χ2n) is 9.73. The van der Waals surface area contributed by atoms with Gasteiger partial charge in [-0.05, 0) is 31.4 Å². The largest absolute Gasteiger partial charge is 0.493 e. The van der Waals surface area contributed by atoms with Gasteiger partial charge in [0.15, 0.2) is 11.5 Å². The Morgan fingerprint density at radius 1 is 1.03 bits per heavy atom. The van der Waals surface area contributed by atoms with Crippen molar-refractivity contribution in [3.05, 3.63) is 18.2 Å². The van der Waals surface area contributed by atoms with E-state index in [1.807, 2.05) is 6.92 Å². The molecule has 38 heavy (non-hydrogen) atoms. The van der Waals surface area contributed by atoms with E-state index in [0.29, 0.717) is 69.2 Å². The third-order valence-corrected chi connectivity index (χ3v) is 7.12. The molecule has 1 aliphatic heterocycles. The molecule has 210 valence electrons. The van der Waals surface area contributed by atoms with Crippen molar-refractivity contribution >= 4 is 29.3 Å². The predicted octanol–water partition coefficient (Wildman–Crippen LogP) is 2.63. The van der Waals surface area contributed by atoms with Gasteiger partial charge in [0.05, 0.1) is 33.5 Å². The number of ether oxygens (including phenoxy) is 3. The number of carbonyl (C=O) groups excluding carboxylic acids is 4. The van der Waals surface area contributed by atoms with Crippen LogP contribution < -0.4 is 25.4 Å². The van der Waals surface area contributed by atoms with Gasteiger partial charge in [0.2, 0.25) is 11.7 Å². The lowest BCUT2D eigenvalue weighted by atomic mass is 9.80. The first kappa shape index (κ1) is 29.2. The molecule has 0 spiro atoms. The molecule has 0 aromatic heterocycles. The molecular formula is C27H40N4O7. The quantitative estimate of drug-likeness (QED) is 0.373. The average Bonchev–Trinajstić information content (AvgIpc) is 2.95. The lowest BCUT2D eigenvalue weighted by Crippen LogP contribution is -2.64. The molecule has 1 aliphatic carbocycles. The van der Waals surface area contributed by atoms with Gasteiger partial charge < -0.3 is 35.1 Å². The topological polar surface area (TPSA) is 135 Å². The lowest BCUT2D eigenvalue weighted by molar-refractivity contribution is -0.138. The van der Waals surface area contributed by atoms with Gasteiger partial charge in [-0.15, -0.1) is 0 Å². The average molecular weight is 533 g/mol. The fourth-order valence-corrected chi connectivity index (χ4v) is 4.85. The van der Waals surface area contributed by atoms with Crippen LogP contribution in [-0.4, -0.2) is 80.6 Å². The molecule has 3 N–H and O–H groups in total. The molecule has 11 nitrogen and oxygen atoms in total. The minimum Gasteiger partial charge on any atom is -0.493 e. The van der Waals surface area contributed by atoms with E-state index in [0.717, 1.165) is 25.7 Å². The number of rotatable bonds is 11. The molecule has 1 atom stereocenters. The molecule has 3 rings (SSSR count). The number of unbranched alkanes of at least 4 members (excludes halogenated alkanes) is 1. The summed E-state index contributed by atoms with van der Waals surface area (Å²) in [5.41, 5.74) is -0.763. The molecule has 1 heterocycles. The highest BCUT2D eigenvalue weighted by Crippen LogP contribution is 2.31. The fraction of sp³-hybridized carbons (Fsp3) is 0.630. The maximum Gasteiger partial charge on any atom is 0.318 e. The first-order valence-corrected chi connectivity index (χ1v) is 13.4. The van der Waals surface area contributed by atoms with Crippen molar-refractivity contribution < 1.29 is 33.4 Å². The Hall–Kier alpha value is -3.34. The lowest BCUT2D eigenvalue weighted by Gasteiger charge is -2.39. The Morgan fingerprint density at radius 2 is 1.71 bits per heavy atom. The molecule has 4 amide bonds. The molecule has 1 aromatic rings. The number of hydrogen-bond donors (Lipinski definition) is 3. The SMILES string of the molecule is CCCC[C@H](NC(=O)C1(NC(=O)N2CCOCC2)CCCCC1)C(=O)C(=O)Nc1ccc(OC)c(OC)c1. The van der Waals surface area contributed by atoms with Crippen molar-refractivity contribution in [2.75, 3.05) is 45.8 Å². The summed E-state index contributed by atoms with van der Waals surface area (Å²) in [5, 5.41) is 8.40. The van der Waals surface area contributed by atoms with E-state index in [-0.39, 0.29) is 6.03 Å². The van der Waals surface area contributed by atoms with Gasteiger partial charge in [-0.2, -0.15) is 0 Å². The number of morpholine rings is 1. The van der Waals surface area contributed by atoms with Crippen molar-refractivity contribution in [1.29, 1.82) is 0 Å². The van der Waals surface area contributed by atoms with E-state index in [1.54, 1.807) is 23.1 Å². The predicted molar refractivity (Wildman–Crippen MR) is 141 cm³/mol. The van der Waals surface area contributed by atoms with Crippen LogP contribution in [0.4, 0.5) is 10.5 Å². The summed E-state index contributed by atoms with van der Waals surface area (Å²) in [6.45, 7) is 3.79. The van der Waals surface area contributed by atoms with Crippen LogP contribution in [0.2, 0.25) is 0 Å². The van der Waals surface area contributed by atoms with Gasteiger partial charge >= 0.3 is 6.03 Å². The van der Waals surface area contributed by atoms with E-state index < -0.39 is 29.2 Å². The van der Waals surface area contributed by atoms with E-state index in [2.05, 4.69) is 16.0 Å². The summed E-state index contributed by atoms with van der Waals surface area (Å²) < 4.78 is 15.8. The molecule has 1 saturated carbocycles. The Labute approximate surface area is 223 Å². The molecule has 0 bridgehead atoms. The Kier molecular flexibility index (Phi) is 10.8. The van der Waals surface area contributed by atoms with Gasteiger partial charge in [-0.1, -0.05) is 39.0 Å². The van der Waals surface area contributed by atoms with Crippen LogP contribution in [0.25, 0.3) is 0 Å². The van der Waals surface area contributed by atoms with Gasteiger partial charge in [-0.25, -0.2) is 4.79 Å². The molecule has 2 aliphatic rings. The van der Waals surface area contributed by atoms with E-state index in [9.17, 15) is 19.2 Å². The van der Waals surface area contributed by atoms with Crippen LogP contribution in [-0.2, 0) is 19.1 Å². The van der Waals surface area contributed by atoms with Gasteiger partial charge in [0.25, 0.3) is 5.91 Å². The van der Waals surface area contributed by atoms with Gasteiger partial charge in [-0.3, -0.25) is 14.4 Å². The number of carbonyl (C=O) groups is 4. The highest BCUT2D eigenvalue weighted by molar-refractivity contribution is 6.42. The number of nitrogens with zero attached hydrogens (tertiary/aromatic N) is 1. The number of hydrogen-bond acceptors (Lipinski definition) is 7. The van der Waals surface area contributed by atoms with E-state index in [1.165, 1.54) is 14.2 Å². The second-order valence-corrected chi connectivity index (χ2v) is 9.73. The number of anilines is 1. The molecule has 1 saturated heterocycles. The molecule has 1 aromatic carbocycles. The second kappa shape index (κ2) is 14.0. The first-order valence-electron chi connectivity index (χ1n) is 13.4. The Balaban J connectivity index is 1.73. The highest BCUT2D eigenvalue weighted by Gasteiger charge is 2.43. The summed E-state index contributed by atoms with van der Waals surface area (Å²) in [6, 6.07) is 3.46. The first-order chi connectivity index (χ1) is 18.3. The van der Waals surface area contributed by atoms with Gasteiger partial charge in [0.1, 0.15) is 5.54 Å². The number of nitrogens with one attached hydrogen (secondary N) is 3.